The number of carbonyl (C=O) groups is 2. The summed E-state index contributed by atoms with van der Waals surface area (Å²) in [6, 6.07) is -1.03. The van der Waals surface area contributed by atoms with Crippen molar-refractivity contribution < 1.29 is 49.3 Å². The third-order valence-electron chi connectivity index (χ3n) is 15.0. The summed E-state index contributed by atoms with van der Waals surface area (Å²) in [4.78, 5) is 26.5. The number of nitrogens with one attached hydrogen (secondary N) is 1. The Labute approximate surface area is 477 Å². The zero-order valence-corrected chi connectivity index (χ0v) is 50.0. The fourth-order valence-electron chi connectivity index (χ4n) is 9.91. The summed E-state index contributed by atoms with van der Waals surface area (Å²) < 4.78 is 17.6. The van der Waals surface area contributed by atoms with Crippen molar-refractivity contribution in [3.63, 3.8) is 0 Å². The van der Waals surface area contributed by atoms with E-state index in [0.29, 0.717) is 12.8 Å². The number of unbranched alkanes of at least 4 members (excludes halogenated alkanes) is 34. The second kappa shape index (κ2) is 54.7. The van der Waals surface area contributed by atoms with Gasteiger partial charge in [-0.05, 0) is 44.9 Å². The predicted octanol–water partition coefficient (Wildman–Crippen LogP) is 15.6. The third kappa shape index (κ3) is 42.0. The number of allylic oxidation sites excluding steroid dienone is 11. The Bertz CT molecular complexity index is 1540. The monoisotopic (exact) mass is 1100 g/mol. The molecule has 1 aliphatic rings. The number of amides is 1. The van der Waals surface area contributed by atoms with Crippen LogP contribution in [0.25, 0.3) is 0 Å². The molecule has 0 radical (unpaired) electrons. The number of aliphatic hydroxyl groups excluding tert-OH is 5. The van der Waals surface area contributed by atoms with Crippen molar-refractivity contribution in [3.8, 4) is 0 Å². The zero-order valence-electron chi connectivity index (χ0n) is 50.0. The van der Waals surface area contributed by atoms with Crippen LogP contribution < -0.4 is 5.32 Å². The number of ether oxygens (including phenoxy) is 3. The molecule has 0 aromatic heterocycles. The smallest absolute Gasteiger partial charge is 0.306 e. The number of esters is 1. The van der Waals surface area contributed by atoms with Crippen molar-refractivity contribution in [2.45, 2.75) is 327 Å². The molecule has 452 valence electrons. The van der Waals surface area contributed by atoms with Crippen LogP contribution in [-0.2, 0) is 23.8 Å². The summed E-state index contributed by atoms with van der Waals surface area (Å²) in [6.07, 6.45) is 59.5. The quantitative estimate of drug-likeness (QED) is 0.0149. The van der Waals surface area contributed by atoms with Gasteiger partial charge < -0.3 is 45.1 Å². The summed E-state index contributed by atoms with van der Waals surface area (Å²) in [5.41, 5.74) is 0. The van der Waals surface area contributed by atoms with Gasteiger partial charge in [-0.1, -0.05) is 299 Å². The normalized spacial score (nSPS) is 19.4. The summed E-state index contributed by atoms with van der Waals surface area (Å²) in [6.45, 7) is 5.64. The van der Waals surface area contributed by atoms with Gasteiger partial charge in [-0.2, -0.15) is 0 Å². The Morgan fingerprint density at radius 3 is 1.38 bits per heavy atom. The molecule has 6 N–H and O–H groups in total. The molecule has 0 spiro atoms. The van der Waals surface area contributed by atoms with Crippen LogP contribution in [0.5, 0.6) is 0 Å². The second-order valence-electron chi connectivity index (χ2n) is 22.2. The molecule has 11 heteroatoms. The van der Waals surface area contributed by atoms with Crippen molar-refractivity contribution in [1.82, 2.24) is 5.32 Å². The Morgan fingerprint density at radius 1 is 0.513 bits per heavy atom. The minimum Gasteiger partial charge on any atom is -0.454 e. The first-order valence-electron chi connectivity index (χ1n) is 32.3. The lowest BCUT2D eigenvalue weighted by molar-refractivity contribution is -0.305. The number of rotatable bonds is 54. The highest BCUT2D eigenvalue weighted by Gasteiger charge is 2.47. The number of hydrogen-bond donors (Lipinski definition) is 6. The molecule has 1 amide bonds. The zero-order chi connectivity index (χ0) is 56.8. The topological polar surface area (TPSA) is 175 Å². The minimum atomic E-state index is -1.63. The molecule has 8 atom stereocenters. The maximum atomic E-state index is 13.4. The fourth-order valence-corrected chi connectivity index (χ4v) is 9.91. The molecular weight excluding hydrogens is 979 g/mol. The SMILES string of the molecule is CC/C=C/C=C/C=C\C=C/C=C/CCCCCC(=O)OC1C(OCC(NC(=O)C(O)CCCCCCCCCCCCCCCCCCCCCCCC)C(O)/C=C/CCCCCCCCCCCC)OC(CO)C(O)C1O. The number of hydrogen-bond acceptors (Lipinski definition) is 10. The van der Waals surface area contributed by atoms with E-state index in [0.717, 1.165) is 64.2 Å². The highest BCUT2D eigenvalue weighted by Crippen LogP contribution is 2.26. The molecular formula is C67H119NO10. The molecule has 0 aromatic carbocycles. The van der Waals surface area contributed by atoms with E-state index in [1.807, 2.05) is 54.7 Å². The average molecular weight is 1100 g/mol. The lowest BCUT2D eigenvalue weighted by Gasteiger charge is -2.41. The van der Waals surface area contributed by atoms with Crippen LogP contribution >= 0.6 is 0 Å². The van der Waals surface area contributed by atoms with E-state index in [9.17, 15) is 35.1 Å². The maximum absolute atomic E-state index is 13.4. The third-order valence-corrected chi connectivity index (χ3v) is 15.0. The molecule has 8 unspecified atom stereocenters. The van der Waals surface area contributed by atoms with Gasteiger partial charge in [0.15, 0.2) is 12.4 Å². The first-order valence-corrected chi connectivity index (χ1v) is 32.3. The number of aliphatic hydroxyl groups is 5. The minimum absolute atomic E-state index is 0.0730. The maximum Gasteiger partial charge on any atom is 0.306 e. The summed E-state index contributed by atoms with van der Waals surface area (Å²) in [7, 11) is 0. The first kappa shape index (κ1) is 73.1. The van der Waals surface area contributed by atoms with Gasteiger partial charge in [-0.3, -0.25) is 9.59 Å². The molecule has 0 saturated carbocycles. The largest absolute Gasteiger partial charge is 0.454 e. The highest BCUT2D eigenvalue weighted by molar-refractivity contribution is 5.80. The molecule has 0 bridgehead atoms. The predicted molar refractivity (Wildman–Crippen MR) is 324 cm³/mol. The van der Waals surface area contributed by atoms with E-state index >= 15 is 0 Å². The Morgan fingerprint density at radius 2 is 0.923 bits per heavy atom. The summed E-state index contributed by atoms with van der Waals surface area (Å²) in [5, 5.41) is 57.0. The van der Waals surface area contributed by atoms with E-state index in [4.69, 9.17) is 14.2 Å². The Hall–Kier alpha value is -2.90. The van der Waals surface area contributed by atoms with E-state index in [-0.39, 0.29) is 19.4 Å². The van der Waals surface area contributed by atoms with Crippen LogP contribution in [0.2, 0.25) is 0 Å². The van der Waals surface area contributed by atoms with Crippen LogP contribution in [0.1, 0.15) is 278 Å². The van der Waals surface area contributed by atoms with Gasteiger partial charge in [-0.25, -0.2) is 0 Å². The van der Waals surface area contributed by atoms with E-state index in [1.165, 1.54) is 167 Å². The first-order chi connectivity index (χ1) is 38.2. The van der Waals surface area contributed by atoms with Crippen molar-refractivity contribution in [3.05, 3.63) is 72.9 Å². The lowest BCUT2D eigenvalue weighted by atomic mass is 9.99. The van der Waals surface area contributed by atoms with Gasteiger partial charge in [0.1, 0.15) is 24.4 Å². The average Bonchev–Trinajstić information content (AvgIpc) is 3.45. The van der Waals surface area contributed by atoms with Gasteiger partial charge in [0.2, 0.25) is 5.91 Å². The molecule has 1 rings (SSSR count). The van der Waals surface area contributed by atoms with Crippen LogP contribution in [0.15, 0.2) is 72.9 Å². The molecule has 78 heavy (non-hydrogen) atoms. The van der Waals surface area contributed by atoms with Crippen molar-refractivity contribution in [1.29, 1.82) is 0 Å². The summed E-state index contributed by atoms with van der Waals surface area (Å²) in [5.74, 6) is -1.23. The van der Waals surface area contributed by atoms with E-state index < -0.39 is 67.4 Å². The van der Waals surface area contributed by atoms with Crippen molar-refractivity contribution in [2.24, 2.45) is 0 Å². The van der Waals surface area contributed by atoms with Crippen LogP contribution in [0.3, 0.4) is 0 Å². The Balaban J connectivity index is 2.65. The van der Waals surface area contributed by atoms with Gasteiger partial charge in [-0.15, -0.1) is 0 Å². The van der Waals surface area contributed by atoms with Crippen molar-refractivity contribution in [2.75, 3.05) is 13.2 Å². The van der Waals surface area contributed by atoms with Gasteiger partial charge in [0.05, 0.1) is 25.4 Å². The van der Waals surface area contributed by atoms with E-state index in [1.54, 1.807) is 6.08 Å². The van der Waals surface area contributed by atoms with Gasteiger partial charge >= 0.3 is 5.97 Å². The molecule has 0 aromatic rings. The molecule has 1 aliphatic heterocycles. The molecule has 11 nitrogen and oxygen atoms in total. The van der Waals surface area contributed by atoms with E-state index in [2.05, 4.69) is 38.2 Å². The van der Waals surface area contributed by atoms with Gasteiger partial charge in [0.25, 0.3) is 0 Å². The van der Waals surface area contributed by atoms with Gasteiger partial charge in [0, 0.05) is 6.42 Å². The van der Waals surface area contributed by atoms with Crippen LogP contribution in [0, 0.1) is 0 Å². The molecule has 1 heterocycles. The summed E-state index contributed by atoms with van der Waals surface area (Å²) >= 11 is 0. The standard InChI is InChI=1S/C67H119NO10/c1-4-7-10-13-16-19-22-25-27-28-29-30-31-32-33-35-36-39-42-45-48-51-54-60(71)66(75)68-58(59(70)53-50-47-44-41-38-24-21-18-15-12-9-6-3)57-76-67-65(64(74)63(73)61(56-69)77-67)78-62(72)55-52-49-46-43-40-37-34-26-23-20-17-14-11-8-5-2/h8,11,14,17,20,23,26,34,37,40,50,53,58-61,63-65,67,69-71,73-74H,4-7,9-10,12-13,15-16,18-19,21-22,24-25,27-33,35-36,38-39,41-49,51-52,54-57H2,1-3H3,(H,68,75)/b11-8+,17-14+,23-20-,34-26-,40-37+,53-50+. The highest BCUT2D eigenvalue weighted by atomic mass is 16.7. The number of carbonyl (C=O) groups excluding carboxylic acids is 2. The van der Waals surface area contributed by atoms with Crippen molar-refractivity contribution >= 4 is 11.9 Å². The lowest BCUT2D eigenvalue weighted by Crippen LogP contribution is -2.61. The second-order valence-corrected chi connectivity index (χ2v) is 22.2. The molecule has 1 saturated heterocycles. The molecule has 1 fully saturated rings. The molecule has 0 aliphatic carbocycles. The Kier molecular flexibility index (Phi) is 51.3. The van der Waals surface area contributed by atoms with Crippen LogP contribution in [-0.4, -0.2) is 99.6 Å². The van der Waals surface area contributed by atoms with Crippen LogP contribution in [0.4, 0.5) is 0 Å². The fraction of sp³-hybridized carbons (Fsp3) is 0.791.